The topological polar surface area (TPSA) is 49.4 Å². The molecule has 13 heavy (non-hydrogen) atoms. The van der Waals surface area contributed by atoms with E-state index in [2.05, 4.69) is 0 Å². The van der Waals surface area contributed by atoms with Crippen molar-refractivity contribution in [1.29, 1.82) is 0 Å². The molecule has 1 aromatic rings. The Morgan fingerprint density at radius 3 is 2.92 bits per heavy atom. The number of hydrogen-bond acceptors (Lipinski definition) is 3. The molecule has 2 unspecified atom stereocenters. The molecule has 0 fully saturated rings. The van der Waals surface area contributed by atoms with Crippen LogP contribution >= 0.6 is 0 Å². The zero-order valence-electron chi connectivity index (χ0n) is 7.15. The van der Waals surface area contributed by atoms with Gasteiger partial charge in [0.15, 0.2) is 0 Å². The Hall–Kier alpha value is -0.870. The summed E-state index contributed by atoms with van der Waals surface area (Å²) >= 11 is -2.14. The molecule has 1 aliphatic heterocycles. The smallest absolute Gasteiger partial charge is 0.124 e. The van der Waals surface area contributed by atoms with Crippen LogP contribution in [0, 0.1) is 0 Å². The van der Waals surface area contributed by atoms with Gasteiger partial charge in [-0.1, -0.05) is 18.2 Å². The van der Waals surface area contributed by atoms with Gasteiger partial charge in [0.1, 0.15) is 12.4 Å². The van der Waals surface area contributed by atoms with E-state index in [1.54, 1.807) is 19.1 Å². The van der Waals surface area contributed by atoms with Crippen molar-refractivity contribution >= 4 is 11.1 Å². The van der Waals surface area contributed by atoms with E-state index in [0.717, 1.165) is 5.56 Å². The Labute approximate surface area is 79.0 Å². The zero-order chi connectivity index (χ0) is 9.47. The van der Waals surface area contributed by atoms with Crippen LogP contribution in [0.4, 0.5) is 0 Å². The quantitative estimate of drug-likeness (QED) is 0.635. The third-order valence-corrected chi connectivity index (χ3v) is 3.40. The van der Waals surface area contributed by atoms with Crippen LogP contribution in [0.5, 0.6) is 5.75 Å². The molecule has 0 aliphatic carbocycles. The predicted octanol–water partition coefficient (Wildman–Crippen LogP) is 1.17. The Balaban J connectivity index is 2.55. The number of ether oxygens (including phenoxy) is 1. The first-order chi connectivity index (χ1) is 6.14. The van der Waals surface area contributed by atoms with E-state index >= 15 is 0 Å². The van der Waals surface area contributed by atoms with Crippen molar-refractivity contribution in [2.24, 2.45) is 0 Å². The van der Waals surface area contributed by atoms with Crippen LogP contribution in [0.1, 0.15) is 12.5 Å². The minimum absolute atomic E-state index is 0.211. The Bertz CT molecular complexity index is 364. The van der Waals surface area contributed by atoms with E-state index in [-0.39, 0.29) is 6.61 Å². The molecule has 1 aromatic carbocycles. The molecule has 1 aliphatic rings. The van der Waals surface area contributed by atoms with Gasteiger partial charge in [-0.15, -0.1) is 0 Å². The maximum atomic E-state index is 11.0. The molecule has 0 radical (unpaired) electrons. The molecule has 4 heteroatoms. The van der Waals surface area contributed by atoms with E-state index in [0.29, 0.717) is 5.75 Å². The van der Waals surface area contributed by atoms with Crippen LogP contribution in [0.25, 0.3) is 0 Å². The Morgan fingerprint density at radius 1 is 1.54 bits per heavy atom. The lowest BCUT2D eigenvalue weighted by Gasteiger charge is -2.25. The second-order valence-corrected chi connectivity index (χ2v) is 4.62. The molecule has 0 spiro atoms. The monoisotopic (exact) mass is 197 g/mol. The van der Waals surface area contributed by atoms with Crippen LogP contribution in [-0.4, -0.2) is 15.4 Å². The summed E-state index contributed by atoms with van der Waals surface area (Å²) in [7, 11) is 0. The molecule has 0 saturated carbocycles. The van der Waals surface area contributed by atoms with Crippen molar-refractivity contribution < 1.29 is 13.5 Å². The molecular formula is C9H9O3S-. The van der Waals surface area contributed by atoms with Crippen LogP contribution in [0.3, 0.4) is 0 Å². The second kappa shape index (κ2) is 2.82. The first-order valence-corrected chi connectivity index (χ1v) is 5.04. The fraction of sp³-hybridized carbons (Fsp3) is 0.333. The van der Waals surface area contributed by atoms with Gasteiger partial charge in [0.25, 0.3) is 0 Å². The predicted molar refractivity (Wildman–Crippen MR) is 48.2 cm³/mol. The van der Waals surface area contributed by atoms with Crippen molar-refractivity contribution in [3.05, 3.63) is 29.8 Å². The van der Waals surface area contributed by atoms with Gasteiger partial charge in [0, 0.05) is 5.56 Å². The molecule has 0 N–H and O–H groups in total. The molecule has 0 amide bonds. The highest BCUT2D eigenvalue weighted by molar-refractivity contribution is 7.80. The number of rotatable bonds is 1. The largest absolute Gasteiger partial charge is 0.772 e. The van der Waals surface area contributed by atoms with Crippen LogP contribution in [-0.2, 0) is 15.8 Å². The summed E-state index contributed by atoms with van der Waals surface area (Å²) in [4.78, 5) is 0. The normalized spacial score (nSPS) is 27.8. The first-order valence-electron chi connectivity index (χ1n) is 3.96. The van der Waals surface area contributed by atoms with Crippen molar-refractivity contribution in [3.63, 3.8) is 0 Å². The molecular weight excluding hydrogens is 188 g/mol. The molecule has 0 bridgehead atoms. The van der Waals surface area contributed by atoms with Crippen molar-refractivity contribution in [3.8, 4) is 5.75 Å². The summed E-state index contributed by atoms with van der Waals surface area (Å²) < 4.78 is 26.4. The van der Waals surface area contributed by atoms with E-state index in [1.807, 2.05) is 12.1 Å². The van der Waals surface area contributed by atoms with Crippen molar-refractivity contribution in [2.75, 3.05) is 6.61 Å². The number of hydrogen-bond donors (Lipinski definition) is 0. The van der Waals surface area contributed by atoms with Crippen LogP contribution < -0.4 is 4.74 Å². The fourth-order valence-corrected chi connectivity index (χ4v) is 1.96. The van der Waals surface area contributed by atoms with E-state index < -0.39 is 15.8 Å². The highest BCUT2D eigenvalue weighted by Gasteiger charge is 2.37. The first kappa shape index (κ1) is 8.72. The second-order valence-electron chi connectivity index (χ2n) is 3.25. The van der Waals surface area contributed by atoms with Gasteiger partial charge < -0.3 is 9.29 Å². The average Bonchev–Trinajstić information content (AvgIpc) is 2.47. The molecule has 2 rings (SSSR count). The lowest BCUT2D eigenvalue weighted by Crippen LogP contribution is -2.29. The van der Waals surface area contributed by atoms with Crippen molar-refractivity contribution in [2.45, 2.75) is 11.7 Å². The average molecular weight is 197 g/mol. The van der Waals surface area contributed by atoms with Gasteiger partial charge in [-0.2, -0.15) is 0 Å². The zero-order valence-corrected chi connectivity index (χ0v) is 7.97. The Morgan fingerprint density at radius 2 is 2.23 bits per heavy atom. The minimum Gasteiger partial charge on any atom is -0.772 e. The third kappa shape index (κ3) is 1.17. The lowest BCUT2D eigenvalue weighted by atomic mass is 10.0. The molecule has 1 heterocycles. The molecule has 2 atom stereocenters. The summed E-state index contributed by atoms with van der Waals surface area (Å²) in [5.74, 6) is 0.675. The highest BCUT2D eigenvalue weighted by Crippen LogP contribution is 2.39. The highest BCUT2D eigenvalue weighted by atomic mass is 32.2. The van der Waals surface area contributed by atoms with Gasteiger partial charge in [-0.3, -0.25) is 4.21 Å². The lowest BCUT2D eigenvalue weighted by molar-refractivity contribution is 0.315. The summed E-state index contributed by atoms with van der Waals surface area (Å²) in [6.45, 7) is 1.88. The van der Waals surface area contributed by atoms with Gasteiger partial charge in [-0.25, -0.2) is 0 Å². The summed E-state index contributed by atoms with van der Waals surface area (Å²) in [5.41, 5.74) is 0.753. The Kier molecular flexibility index (Phi) is 1.89. The van der Waals surface area contributed by atoms with E-state index in [1.165, 1.54) is 0 Å². The maximum absolute atomic E-state index is 11.0. The van der Waals surface area contributed by atoms with E-state index in [9.17, 15) is 8.76 Å². The molecule has 70 valence electrons. The summed E-state index contributed by atoms with van der Waals surface area (Å²) in [5, 5.41) is 0. The van der Waals surface area contributed by atoms with Gasteiger partial charge in [0.05, 0.1) is 4.75 Å². The number of para-hydroxylation sites is 1. The number of fused-ring (bicyclic) bond motifs is 1. The van der Waals surface area contributed by atoms with E-state index in [4.69, 9.17) is 4.74 Å². The minimum atomic E-state index is -2.14. The standard InChI is InChI=1S/C9H10O3S/c1-9(13(10)11)6-12-8-5-3-2-4-7(8)9/h2-5H,6H2,1H3,(H,10,11)/p-1. The SMILES string of the molecule is CC1(S(=O)[O-])COc2ccccc21. The molecule has 0 aromatic heterocycles. The third-order valence-electron chi connectivity index (χ3n) is 2.33. The summed E-state index contributed by atoms with van der Waals surface area (Å²) in [6.07, 6.45) is 0. The van der Waals surface area contributed by atoms with Gasteiger partial charge in [0.2, 0.25) is 0 Å². The fourth-order valence-electron chi connectivity index (χ4n) is 1.46. The molecule has 3 nitrogen and oxygen atoms in total. The van der Waals surface area contributed by atoms with Crippen LogP contribution in [0.15, 0.2) is 24.3 Å². The summed E-state index contributed by atoms with van der Waals surface area (Å²) in [6, 6.07) is 7.22. The molecule has 0 saturated heterocycles. The van der Waals surface area contributed by atoms with Gasteiger partial charge in [-0.05, 0) is 24.1 Å². The van der Waals surface area contributed by atoms with Crippen molar-refractivity contribution in [1.82, 2.24) is 0 Å². The van der Waals surface area contributed by atoms with Gasteiger partial charge >= 0.3 is 0 Å². The number of benzene rings is 1. The maximum Gasteiger partial charge on any atom is 0.124 e. The van der Waals surface area contributed by atoms with Crippen LogP contribution in [0.2, 0.25) is 0 Å².